The van der Waals surface area contributed by atoms with E-state index in [0.717, 1.165) is 16.7 Å². The lowest BCUT2D eigenvalue weighted by Crippen LogP contribution is -2.44. The van der Waals surface area contributed by atoms with Gasteiger partial charge >= 0.3 is 0 Å². The summed E-state index contributed by atoms with van der Waals surface area (Å²) in [5.74, 6) is 0.573. The number of nitrogens with zero attached hydrogens (tertiary/aromatic N) is 1. The third kappa shape index (κ3) is 3.54. The summed E-state index contributed by atoms with van der Waals surface area (Å²) in [6, 6.07) is 8.39. The molecule has 3 rings (SSSR count). The van der Waals surface area contributed by atoms with Crippen LogP contribution < -0.4 is 10.2 Å². The van der Waals surface area contributed by atoms with Gasteiger partial charge in [-0.2, -0.15) is 11.8 Å². The number of aliphatic hydroxyl groups excluding tert-OH is 1. The monoisotopic (exact) mass is 352 g/mol. The Labute approximate surface area is 142 Å². The summed E-state index contributed by atoms with van der Waals surface area (Å²) >= 11 is 2.45. The molecule has 2 aliphatic heterocycles. The molecule has 0 unspecified atom stereocenters. The summed E-state index contributed by atoms with van der Waals surface area (Å²) < 4.78 is 0. The lowest BCUT2D eigenvalue weighted by Gasteiger charge is -2.17. The van der Waals surface area contributed by atoms with E-state index < -0.39 is 11.4 Å². The highest BCUT2D eigenvalue weighted by Crippen LogP contribution is 2.33. The lowest BCUT2D eigenvalue weighted by atomic mass is 10.2. The molecule has 23 heavy (non-hydrogen) atoms. The Morgan fingerprint density at radius 3 is 2.65 bits per heavy atom. The molecule has 2 heterocycles. The maximum atomic E-state index is 12.4. The van der Waals surface area contributed by atoms with Crippen LogP contribution in [0.1, 0.15) is 6.42 Å². The number of aliphatic hydroxyl groups is 1. The predicted molar refractivity (Wildman–Crippen MR) is 90.6 cm³/mol. The fourth-order valence-corrected chi connectivity index (χ4v) is 4.67. The molecular formula is C15H16N2O4S2. The van der Waals surface area contributed by atoms with Crippen molar-refractivity contribution in [1.82, 2.24) is 5.32 Å². The van der Waals surface area contributed by atoms with Crippen LogP contribution in [0.4, 0.5) is 10.5 Å². The predicted octanol–water partition coefficient (Wildman–Crippen LogP) is 1.24. The zero-order chi connectivity index (χ0) is 16.4. The van der Waals surface area contributed by atoms with Gasteiger partial charge in [-0.25, -0.2) is 4.90 Å². The summed E-state index contributed by atoms with van der Waals surface area (Å²) in [5.41, 5.74) is 0.514. The highest BCUT2D eigenvalue weighted by molar-refractivity contribution is 8.15. The molecule has 1 aromatic rings. The molecule has 3 atom stereocenters. The van der Waals surface area contributed by atoms with Gasteiger partial charge in [0.15, 0.2) is 0 Å². The van der Waals surface area contributed by atoms with Crippen LogP contribution in [-0.2, 0) is 9.59 Å². The maximum absolute atomic E-state index is 12.4. The minimum atomic E-state index is -0.714. The van der Waals surface area contributed by atoms with Crippen molar-refractivity contribution in [2.45, 2.75) is 23.8 Å². The normalized spacial score (nSPS) is 27.5. The average molecular weight is 352 g/mol. The van der Waals surface area contributed by atoms with E-state index in [4.69, 9.17) is 0 Å². The number of amides is 3. The standard InChI is InChI=1S/C15H16N2O4S2/c18-11-8-22-7-10(11)16-13(19)6-12-14(20)17(15(21)23-12)9-4-2-1-3-5-9/h1-5,10-12,18H,6-8H2,(H,16,19)/t10-,11+,12-/m1/s1. The highest BCUT2D eigenvalue weighted by atomic mass is 32.2. The Bertz CT molecular complexity index is 625. The van der Waals surface area contributed by atoms with Crippen molar-refractivity contribution in [3.8, 4) is 0 Å². The molecule has 0 radical (unpaired) electrons. The Kier molecular flexibility index (Phi) is 4.93. The van der Waals surface area contributed by atoms with Crippen molar-refractivity contribution in [2.75, 3.05) is 16.4 Å². The zero-order valence-electron chi connectivity index (χ0n) is 12.2. The Balaban J connectivity index is 1.62. The molecule has 0 bridgehead atoms. The molecule has 2 fully saturated rings. The molecule has 122 valence electrons. The number of anilines is 1. The van der Waals surface area contributed by atoms with E-state index >= 15 is 0 Å². The molecule has 3 amide bonds. The van der Waals surface area contributed by atoms with Gasteiger partial charge in [-0.1, -0.05) is 18.2 Å². The van der Waals surface area contributed by atoms with Gasteiger partial charge in [0.25, 0.3) is 5.24 Å². The quantitative estimate of drug-likeness (QED) is 0.848. The minimum absolute atomic E-state index is 0.0630. The van der Waals surface area contributed by atoms with Gasteiger partial charge in [-0.05, 0) is 23.9 Å². The molecule has 1 aromatic carbocycles. The number of carbonyl (C=O) groups is 3. The first-order valence-electron chi connectivity index (χ1n) is 7.21. The van der Waals surface area contributed by atoms with Crippen LogP contribution in [0.5, 0.6) is 0 Å². The molecule has 0 saturated carbocycles. The largest absolute Gasteiger partial charge is 0.390 e. The van der Waals surface area contributed by atoms with Crippen LogP contribution in [0.25, 0.3) is 0 Å². The lowest BCUT2D eigenvalue weighted by molar-refractivity contribution is -0.125. The Hall–Kier alpha value is -1.51. The van der Waals surface area contributed by atoms with Gasteiger partial charge in [0.05, 0.1) is 17.8 Å². The van der Waals surface area contributed by atoms with Crippen LogP contribution in [-0.4, -0.2) is 51.1 Å². The van der Waals surface area contributed by atoms with Gasteiger partial charge in [-0.15, -0.1) is 0 Å². The number of carbonyl (C=O) groups excluding carboxylic acids is 3. The zero-order valence-corrected chi connectivity index (χ0v) is 13.8. The third-order valence-corrected chi connectivity index (χ3v) is 5.91. The second-order valence-electron chi connectivity index (χ2n) is 5.36. The summed E-state index contributed by atoms with van der Waals surface area (Å²) in [6.07, 6.45) is -0.620. The number of imide groups is 1. The van der Waals surface area contributed by atoms with Crippen molar-refractivity contribution in [2.24, 2.45) is 0 Å². The fourth-order valence-electron chi connectivity index (χ4n) is 2.51. The number of rotatable bonds is 4. The molecular weight excluding hydrogens is 336 g/mol. The topological polar surface area (TPSA) is 86.7 Å². The van der Waals surface area contributed by atoms with Crippen molar-refractivity contribution >= 4 is 46.3 Å². The number of hydrogen-bond donors (Lipinski definition) is 2. The van der Waals surface area contributed by atoms with Gasteiger partial charge in [-0.3, -0.25) is 14.4 Å². The van der Waals surface area contributed by atoms with E-state index in [-0.39, 0.29) is 29.5 Å². The molecule has 0 aliphatic carbocycles. The van der Waals surface area contributed by atoms with Crippen LogP contribution >= 0.6 is 23.5 Å². The van der Waals surface area contributed by atoms with Crippen LogP contribution in [0.3, 0.4) is 0 Å². The number of para-hydroxylation sites is 1. The van der Waals surface area contributed by atoms with Gasteiger partial charge in [0, 0.05) is 17.9 Å². The van der Waals surface area contributed by atoms with Gasteiger partial charge in [0.1, 0.15) is 5.25 Å². The Morgan fingerprint density at radius 1 is 1.26 bits per heavy atom. The van der Waals surface area contributed by atoms with Gasteiger partial charge in [0.2, 0.25) is 11.8 Å². The summed E-state index contributed by atoms with van der Waals surface area (Å²) in [4.78, 5) is 37.7. The van der Waals surface area contributed by atoms with E-state index in [1.165, 1.54) is 0 Å². The van der Waals surface area contributed by atoms with E-state index in [0.29, 0.717) is 17.2 Å². The van der Waals surface area contributed by atoms with Crippen molar-refractivity contribution in [3.63, 3.8) is 0 Å². The summed E-state index contributed by atoms with van der Waals surface area (Å²) in [5, 5.41) is 11.4. The molecule has 6 nitrogen and oxygen atoms in total. The van der Waals surface area contributed by atoms with Crippen molar-refractivity contribution in [3.05, 3.63) is 30.3 Å². The maximum Gasteiger partial charge on any atom is 0.293 e. The second kappa shape index (κ2) is 6.94. The van der Waals surface area contributed by atoms with Gasteiger partial charge < -0.3 is 10.4 Å². The fraction of sp³-hybridized carbons (Fsp3) is 0.400. The van der Waals surface area contributed by atoms with Crippen molar-refractivity contribution < 1.29 is 19.5 Å². The number of nitrogens with one attached hydrogen (secondary N) is 1. The first kappa shape index (κ1) is 16.4. The van der Waals surface area contributed by atoms with Crippen molar-refractivity contribution in [1.29, 1.82) is 0 Å². The summed E-state index contributed by atoms with van der Waals surface area (Å²) in [7, 11) is 0. The summed E-state index contributed by atoms with van der Waals surface area (Å²) in [6.45, 7) is 0. The minimum Gasteiger partial charge on any atom is -0.390 e. The molecule has 2 saturated heterocycles. The first-order chi connectivity index (χ1) is 11.1. The average Bonchev–Trinajstić information content (AvgIpc) is 3.04. The molecule has 8 heteroatoms. The Morgan fingerprint density at radius 2 is 2.00 bits per heavy atom. The molecule has 2 aliphatic rings. The van der Waals surface area contributed by atoms with E-state index in [1.54, 1.807) is 42.1 Å². The third-order valence-electron chi connectivity index (χ3n) is 3.70. The molecule has 0 aromatic heterocycles. The number of benzene rings is 1. The van der Waals surface area contributed by atoms with Crippen LogP contribution in [0, 0.1) is 0 Å². The van der Waals surface area contributed by atoms with Crippen LogP contribution in [0.15, 0.2) is 30.3 Å². The highest BCUT2D eigenvalue weighted by Gasteiger charge is 2.42. The SMILES string of the molecule is O=C(C[C@H]1SC(=O)N(c2ccccc2)C1=O)N[C@@H]1CSC[C@@H]1O. The smallest absolute Gasteiger partial charge is 0.293 e. The second-order valence-corrected chi connectivity index (χ2v) is 7.59. The number of thioether (sulfide) groups is 2. The van der Waals surface area contributed by atoms with E-state index in [9.17, 15) is 19.5 Å². The number of hydrogen-bond acceptors (Lipinski definition) is 6. The molecule has 0 spiro atoms. The van der Waals surface area contributed by atoms with E-state index in [2.05, 4.69) is 5.32 Å². The van der Waals surface area contributed by atoms with E-state index in [1.807, 2.05) is 0 Å². The first-order valence-corrected chi connectivity index (χ1v) is 9.24. The van der Waals surface area contributed by atoms with Crippen LogP contribution in [0.2, 0.25) is 0 Å². The molecule has 2 N–H and O–H groups in total.